The Bertz CT molecular complexity index is 1450. The van der Waals surface area contributed by atoms with Gasteiger partial charge in [-0.3, -0.25) is 4.79 Å². The van der Waals surface area contributed by atoms with Gasteiger partial charge in [0.1, 0.15) is 23.9 Å². The minimum absolute atomic E-state index is 0.123. The Morgan fingerprint density at radius 2 is 2.08 bits per heavy atom. The number of hydrogen-bond donors (Lipinski definition) is 3. The highest BCUT2D eigenvalue weighted by Crippen LogP contribution is 2.36. The molecule has 0 spiro atoms. The maximum atomic E-state index is 12.8. The highest BCUT2D eigenvalue weighted by Gasteiger charge is 2.28. The summed E-state index contributed by atoms with van der Waals surface area (Å²) in [5.74, 6) is 0.517. The number of carbonyl (C=O) groups excluding carboxylic acids is 1. The van der Waals surface area contributed by atoms with E-state index in [4.69, 9.17) is 4.74 Å². The molecule has 6 rings (SSSR count). The number of aromatic nitrogens is 4. The number of benzene rings is 1. The Balaban J connectivity index is 1.29. The van der Waals surface area contributed by atoms with Crippen molar-refractivity contribution >= 4 is 34.1 Å². The molecule has 3 aromatic heterocycles. The van der Waals surface area contributed by atoms with Crippen LogP contribution in [0.5, 0.6) is 0 Å². The molecule has 36 heavy (non-hydrogen) atoms. The highest BCUT2D eigenvalue weighted by atomic mass is 16.5. The van der Waals surface area contributed by atoms with Crippen LogP contribution in [0.3, 0.4) is 0 Å². The number of ether oxygens (including phenoxy) is 1. The predicted octanol–water partition coefficient (Wildman–Crippen LogP) is 2.60. The monoisotopic (exact) mass is 485 g/mol. The third kappa shape index (κ3) is 3.84. The third-order valence-corrected chi connectivity index (χ3v) is 6.89. The van der Waals surface area contributed by atoms with Crippen molar-refractivity contribution in [3.63, 3.8) is 0 Å². The van der Waals surface area contributed by atoms with Crippen LogP contribution >= 0.6 is 0 Å². The summed E-state index contributed by atoms with van der Waals surface area (Å²) in [6.45, 7) is 4.09. The normalized spacial score (nSPS) is 18.2. The van der Waals surface area contributed by atoms with Gasteiger partial charge in [-0.1, -0.05) is 6.07 Å². The van der Waals surface area contributed by atoms with Crippen molar-refractivity contribution in [2.24, 2.45) is 7.05 Å². The number of anilines is 3. The van der Waals surface area contributed by atoms with E-state index >= 15 is 0 Å². The van der Waals surface area contributed by atoms with Gasteiger partial charge in [-0.25, -0.2) is 15.0 Å². The van der Waals surface area contributed by atoms with Crippen molar-refractivity contribution in [1.29, 1.82) is 0 Å². The minimum atomic E-state index is -0.529. The summed E-state index contributed by atoms with van der Waals surface area (Å²) < 4.78 is 7.60. The highest BCUT2D eigenvalue weighted by molar-refractivity contribution is 6.07. The number of rotatable bonds is 5. The van der Waals surface area contributed by atoms with E-state index in [1.807, 2.05) is 48.1 Å². The molecule has 2 unspecified atom stereocenters. The van der Waals surface area contributed by atoms with Gasteiger partial charge >= 0.3 is 0 Å². The van der Waals surface area contributed by atoms with Crippen LogP contribution in [0.4, 0.5) is 17.2 Å². The first-order valence-corrected chi connectivity index (χ1v) is 12.0. The summed E-state index contributed by atoms with van der Waals surface area (Å²) in [6, 6.07) is 9.78. The number of fused-ring (bicyclic) bond motifs is 2. The number of pyridine rings is 1. The lowest BCUT2D eigenvalue weighted by atomic mass is 9.97. The Hall–Kier alpha value is -4.02. The summed E-state index contributed by atoms with van der Waals surface area (Å²) in [7, 11) is 1.95. The van der Waals surface area contributed by atoms with Gasteiger partial charge in [0, 0.05) is 43.8 Å². The first kappa shape index (κ1) is 22.4. The average Bonchev–Trinajstić information content (AvgIpc) is 3.48. The standard InChI is InChI=1S/C26H27N7O3/c1-15(34)21-13-33(9-10-36-21)16-3-6-22(27-11-16)31-20-5-4-17(19-12-28-26(35)23(19)20)24-18-7-8-32(2)25(18)30-14-29-24/h3-8,11,14-15,21,34H,9-10,12-13H2,1-2H3,(H,27,31)(H,28,35). The van der Waals surface area contributed by atoms with Crippen LogP contribution in [0.1, 0.15) is 22.8 Å². The van der Waals surface area contributed by atoms with Crippen LogP contribution in [-0.4, -0.2) is 62.4 Å². The van der Waals surface area contributed by atoms with Crippen LogP contribution in [0.2, 0.25) is 0 Å². The molecule has 0 aliphatic carbocycles. The zero-order chi connectivity index (χ0) is 24.8. The molecule has 0 saturated carbocycles. The van der Waals surface area contributed by atoms with E-state index in [9.17, 15) is 9.90 Å². The molecule has 0 bridgehead atoms. The number of nitrogens with one attached hydrogen (secondary N) is 2. The topological polar surface area (TPSA) is 117 Å². The zero-order valence-electron chi connectivity index (χ0n) is 20.1. The Labute approximate surface area is 208 Å². The largest absolute Gasteiger partial charge is 0.391 e. The molecule has 1 amide bonds. The molecule has 2 atom stereocenters. The van der Waals surface area contributed by atoms with Gasteiger partial charge in [-0.05, 0) is 36.8 Å². The summed E-state index contributed by atoms with van der Waals surface area (Å²) in [5.41, 5.74) is 5.74. The van der Waals surface area contributed by atoms with Gasteiger partial charge in [-0.2, -0.15) is 0 Å². The lowest BCUT2D eigenvalue weighted by Crippen LogP contribution is -2.47. The van der Waals surface area contributed by atoms with Gasteiger partial charge < -0.3 is 29.9 Å². The number of hydrogen-bond acceptors (Lipinski definition) is 8. The summed E-state index contributed by atoms with van der Waals surface area (Å²) >= 11 is 0. The van der Waals surface area contributed by atoms with Crippen molar-refractivity contribution in [2.75, 3.05) is 29.9 Å². The van der Waals surface area contributed by atoms with Crippen molar-refractivity contribution in [2.45, 2.75) is 25.7 Å². The molecule has 1 saturated heterocycles. The summed E-state index contributed by atoms with van der Waals surface area (Å²) in [4.78, 5) is 28.5. The molecule has 1 aromatic carbocycles. The van der Waals surface area contributed by atoms with E-state index in [-0.39, 0.29) is 12.0 Å². The van der Waals surface area contributed by atoms with Crippen molar-refractivity contribution in [1.82, 2.24) is 24.8 Å². The number of morpholine rings is 1. The van der Waals surface area contributed by atoms with Crippen LogP contribution in [-0.2, 0) is 18.3 Å². The van der Waals surface area contributed by atoms with Gasteiger partial charge in [0.05, 0.1) is 41.5 Å². The predicted molar refractivity (Wildman–Crippen MR) is 136 cm³/mol. The van der Waals surface area contributed by atoms with Crippen molar-refractivity contribution in [3.05, 3.63) is 60.2 Å². The van der Waals surface area contributed by atoms with Gasteiger partial charge in [0.15, 0.2) is 0 Å². The van der Waals surface area contributed by atoms with Gasteiger partial charge in [0.2, 0.25) is 0 Å². The zero-order valence-corrected chi connectivity index (χ0v) is 20.1. The second kappa shape index (κ2) is 8.89. The maximum absolute atomic E-state index is 12.8. The van der Waals surface area contributed by atoms with E-state index < -0.39 is 6.10 Å². The van der Waals surface area contributed by atoms with E-state index in [2.05, 4.69) is 30.5 Å². The Morgan fingerprint density at radius 3 is 2.89 bits per heavy atom. The molecule has 1 fully saturated rings. The van der Waals surface area contributed by atoms with E-state index in [0.717, 1.165) is 40.1 Å². The lowest BCUT2D eigenvalue weighted by molar-refractivity contribution is -0.0364. The quantitative estimate of drug-likeness (QED) is 0.395. The summed E-state index contributed by atoms with van der Waals surface area (Å²) in [6.07, 6.45) is 4.57. The van der Waals surface area contributed by atoms with Crippen LogP contribution in [0.15, 0.2) is 49.1 Å². The third-order valence-electron chi connectivity index (χ3n) is 6.89. The molecule has 4 aromatic rings. The molecule has 184 valence electrons. The Morgan fingerprint density at radius 1 is 1.19 bits per heavy atom. The molecule has 2 aliphatic rings. The molecular formula is C26H27N7O3. The first-order chi connectivity index (χ1) is 17.5. The van der Waals surface area contributed by atoms with E-state index in [0.29, 0.717) is 36.8 Å². The number of carbonyl (C=O) groups is 1. The molecule has 5 heterocycles. The smallest absolute Gasteiger partial charge is 0.254 e. The van der Waals surface area contributed by atoms with E-state index in [1.54, 1.807) is 19.4 Å². The maximum Gasteiger partial charge on any atom is 0.254 e. The number of aliphatic hydroxyl groups is 1. The van der Waals surface area contributed by atoms with Crippen molar-refractivity contribution in [3.8, 4) is 11.3 Å². The van der Waals surface area contributed by atoms with E-state index in [1.165, 1.54) is 0 Å². The fraction of sp³-hybridized carbons (Fsp3) is 0.308. The fourth-order valence-electron chi connectivity index (χ4n) is 4.95. The number of aliphatic hydroxyl groups excluding tert-OH is 1. The molecule has 10 heteroatoms. The summed E-state index contributed by atoms with van der Waals surface area (Å²) in [5, 5.41) is 17.1. The second-order valence-corrected chi connectivity index (χ2v) is 9.21. The van der Waals surface area contributed by atoms with Gasteiger partial charge in [0.25, 0.3) is 5.91 Å². The first-order valence-electron chi connectivity index (χ1n) is 12.0. The molecule has 2 aliphatic heterocycles. The van der Waals surface area contributed by atoms with Crippen LogP contribution < -0.4 is 15.5 Å². The fourth-order valence-corrected chi connectivity index (χ4v) is 4.95. The number of amides is 1. The molecule has 3 N–H and O–H groups in total. The average molecular weight is 486 g/mol. The van der Waals surface area contributed by atoms with Crippen LogP contribution in [0.25, 0.3) is 22.3 Å². The molecule has 10 nitrogen and oxygen atoms in total. The molecule has 0 radical (unpaired) electrons. The SMILES string of the molecule is CC(O)C1CN(c2ccc(Nc3ccc(-c4ncnc5c4ccn5C)c4c3C(=O)NC4)nc2)CCO1. The van der Waals surface area contributed by atoms with Crippen LogP contribution in [0, 0.1) is 0 Å². The minimum Gasteiger partial charge on any atom is -0.391 e. The second-order valence-electron chi connectivity index (χ2n) is 9.21. The van der Waals surface area contributed by atoms with Gasteiger partial charge in [-0.15, -0.1) is 0 Å². The Kier molecular flexibility index (Phi) is 5.54. The number of aryl methyl sites for hydroxylation is 1. The van der Waals surface area contributed by atoms with Crippen molar-refractivity contribution < 1.29 is 14.6 Å². The molecular weight excluding hydrogens is 458 g/mol. The lowest BCUT2D eigenvalue weighted by Gasteiger charge is -2.35. The number of nitrogens with zero attached hydrogens (tertiary/aromatic N) is 5.